The molecule has 8 aliphatic carbocycles. The summed E-state index contributed by atoms with van der Waals surface area (Å²) in [7, 11) is 0. The van der Waals surface area contributed by atoms with Gasteiger partial charge in [0.15, 0.2) is 0 Å². The molecular weight excluding hydrogens is 1140 g/mol. The van der Waals surface area contributed by atoms with E-state index in [2.05, 4.69) is 25.9 Å². The molecule has 0 aromatic heterocycles. The molecule has 8 bridgehead atoms. The van der Waals surface area contributed by atoms with Crippen molar-refractivity contribution in [2.45, 2.75) is 115 Å². The number of halogens is 14. The van der Waals surface area contributed by atoms with E-state index in [0.29, 0.717) is 33.7 Å². The number of alkyl halides is 12. The summed E-state index contributed by atoms with van der Waals surface area (Å²) in [5, 5.41) is 3.16. The average molecular weight is 1200 g/mol. The molecule has 0 amide bonds. The maximum absolute atomic E-state index is 13.4. The van der Waals surface area contributed by atoms with E-state index in [1.165, 1.54) is 87.5 Å². The fraction of sp³-hybridized carbons (Fsp3) is 0.467. The quantitative estimate of drug-likeness (QED) is 0.0886. The van der Waals surface area contributed by atoms with Crippen LogP contribution in [0.15, 0.2) is 97.1 Å². The fourth-order valence-electron chi connectivity index (χ4n) is 14.8. The van der Waals surface area contributed by atoms with Crippen LogP contribution < -0.4 is 0 Å². The Hall–Kier alpha value is -3.06. The molecule has 0 spiro atoms. The standard InChI is InChI=1S/2C28H25F6.C3H7.CH3.2ClH.Si.Zr/c2*29-27(30,31)22-12-21(13-23(14-22)28(32,33)34)24-3-1-2-18-5-17(11-26(18)24)10-25-19-6-15-4-16(8-19)9-20(25)7-15;1-3-2;;;;;/h2*1-3,5,11-16,19-20,25H,4,6-10H2;1,3H2,2H3;1H3;2*1H;;/q4*-1;;;;. The number of hydrogen-bond donors (Lipinski definition) is 0. The molecular formula is C60H62Cl2F12SiZr-4. The summed E-state index contributed by atoms with van der Waals surface area (Å²) in [5.41, 5.74) is -2.14. The second-order valence-electron chi connectivity index (χ2n) is 22.0. The summed E-state index contributed by atoms with van der Waals surface area (Å²) in [5.74, 6) is 7.83. The Kier molecular flexibility index (Phi) is 19.9. The maximum atomic E-state index is 13.4. The Morgan fingerprint density at radius 1 is 0.461 bits per heavy atom. The van der Waals surface area contributed by atoms with Crippen molar-refractivity contribution in [3.05, 3.63) is 145 Å². The van der Waals surface area contributed by atoms with E-state index in [0.717, 1.165) is 113 Å². The van der Waals surface area contributed by atoms with Gasteiger partial charge < -0.3 is 14.4 Å². The first-order chi connectivity index (χ1) is 34.5. The number of benzene rings is 4. The van der Waals surface area contributed by atoms with Gasteiger partial charge in [0.2, 0.25) is 0 Å². The minimum atomic E-state index is -4.86. The van der Waals surface area contributed by atoms with Gasteiger partial charge in [-0.15, -0.1) is 93.9 Å². The predicted molar refractivity (Wildman–Crippen MR) is 281 cm³/mol. The molecule has 16 heteroatoms. The first-order valence-electron chi connectivity index (χ1n) is 25.5. The summed E-state index contributed by atoms with van der Waals surface area (Å²) < 4.78 is 161. The Morgan fingerprint density at radius 3 is 0.974 bits per heavy atom. The van der Waals surface area contributed by atoms with E-state index in [4.69, 9.17) is 0 Å². The van der Waals surface area contributed by atoms with Crippen molar-refractivity contribution < 1.29 is 76.0 Å². The summed E-state index contributed by atoms with van der Waals surface area (Å²) in [4.78, 5) is 0. The molecule has 0 saturated heterocycles. The van der Waals surface area contributed by atoms with Gasteiger partial charge in [-0.3, -0.25) is 0 Å². The monoisotopic (exact) mass is 1200 g/mol. The third-order valence-corrected chi connectivity index (χ3v) is 17.2. The van der Waals surface area contributed by atoms with Gasteiger partial charge in [-0.1, -0.05) is 30.2 Å². The van der Waals surface area contributed by atoms with Crippen molar-refractivity contribution in [1.29, 1.82) is 0 Å². The molecule has 0 unspecified atom stereocenters. The second-order valence-corrected chi connectivity index (χ2v) is 22.0. The zero-order valence-electron chi connectivity index (χ0n) is 42.3. The molecule has 0 atom stereocenters. The van der Waals surface area contributed by atoms with Crippen LogP contribution in [0.5, 0.6) is 0 Å². The molecule has 2 radical (unpaired) electrons. The fourth-order valence-corrected chi connectivity index (χ4v) is 14.8. The van der Waals surface area contributed by atoms with Crippen LogP contribution in [0, 0.1) is 73.5 Å². The van der Waals surface area contributed by atoms with Crippen molar-refractivity contribution >= 4 is 53.2 Å². The van der Waals surface area contributed by atoms with Gasteiger partial charge in [0.05, 0.1) is 22.3 Å². The molecule has 412 valence electrons. The molecule has 0 nitrogen and oxygen atoms in total. The number of hydrogen-bond acceptors (Lipinski definition) is 0. The molecule has 14 rings (SSSR count). The van der Waals surface area contributed by atoms with E-state index < -0.39 is 47.0 Å². The molecule has 0 N–H and O–H groups in total. The van der Waals surface area contributed by atoms with Crippen LogP contribution in [0.25, 0.3) is 43.8 Å². The van der Waals surface area contributed by atoms with Gasteiger partial charge in [0.1, 0.15) is 0 Å². The first-order valence-corrected chi connectivity index (χ1v) is 29.7. The Bertz CT molecular complexity index is 2590. The molecule has 6 aromatic rings. The molecule has 8 aliphatic rings. The van der Waals surface area contributed by atoms with Gasteiger partial charge >= 0.3 is 54.9 Å². The van der Waals surface area contributed by atoms with Gasteiger partial charge in [-0.25, -0.2) is 0 Å². The van der Waals surface area contributed by atoms with Gasteiger partial charge in [0.25, 0.3) is 0 Å². The van der Waals surface area contributed by atoms with E-state index in [1.54, 1.807) is 24.3 Å². The van der Waals surface area contributed by atoms with Crippen molar-refractivity contribution in [2.24, 2.45) is 59.2 Å². The van der Waals surface area contributed by atoms with E-state index in [9.17, 15) is 52.7 Å². The van der Waals surface area contributed by atoms with Crippen LogP contribution in [0.2, 0.25) is 0 Å². The van der Waals surface area contributed by atoms with Gasteiger partial charge in [-0.05, 0) is 184 Å². The summed E-state index contributed by atoms with van der Waals surface area (Å²) >= 11 is 1.36. The Balaban J connectivity index is 0.000000220. The van der Waals surface area contributed by atoms with Gasteiger partial charge in [-0.2, -0.15) is 71.2 Å². The zero-order chi connectivity index (χ0) is 52.4. The SMILES string of the molecule is Cl.Cl.FC(F)(F)c1cc(-c2cccc3[cH-]c(CC4C5CC6CC(C5)CC4C6)cc23)cc(C(F)(F)F)c1.FC(F)(F)c1cc(-c2cccc3[cH-]c(CC4C5CC6CC(C5)CC4C6)cc23)cc(C(F)(F)F)c1.[CH2-]CC.[CH3-].[Si]=[Zr]. The van der Waals surface area contributed by atoms with Crippen LogP contribution >= 0.6 is 24.8 Å². The summed E-state index contributed by atoms with van der Waals surface area (Å²) in [6.07, 6.45) is -3.27. The van der Waals surface area contributed by atoms with Crippen LogP contribution in [0.4, 0.5) is 52.7 Å². The first kappa shape index (κ1) is 62.1. The minimum absolute atomic E-state index is 0. The number of fused-ring (bicyclic) bond motifs is 2. The molecule has 76 heavy (non-hydrogen) atoms. The van der Waals surface area contributed by atoms with Crippen molar-refractivity contribution in [1.82, 2.24) is 0 Å². The molecule has 6 aromatic carbocycles. The zero-order valence-corrected chi connectivity index (χ0v) is 47.4. The normalized spacial score (nSPS) is 26.0. The molecule has 8 fully saturated rings. The van der Waals surface area contributed by atoms with Crippen molar-refractivity contribution in [3.8, 4) is 22.3 Å². The Morgan fingerprint density at radius 2 is 0.724 bits per heavy atom. The summed E-state index contributed by atoms with van der Waals surface area (Å²) in [6, 6.07) is 22.2. The van der Waals surface area contributed by atoms with E-state index in [1.807, 2.05) is 31.2 Å². The molecule has 0 heterocycles. The van der Waals surface area contributed by atoms with E-state index >= 15 is 0 Å². The Labute approximate surface area is 467 Å². The van der Waals surface area contributed by atoms with Crippen LogP contribution in [-0.4, -0.2) is 6.88 Å². The topological polar surface area (TPSA) is 0 Å². The van der Waals surface area contributed by atoms with Crippen molar-refractivity contribution in [3.63, 3.8) is 0 Å². The van der Waals surface area contributed by atoms with Crippen LogP contribution in [-0.2, 0) is 60.9 Å². The van der Waals surface area contributed by atoms with Crippen LogP contribution in [0.3, 0.4) is 0 Å². The predicted octanol–water partition coefficient (Wildman–Crippen LogP) is 19.9. The van der Waals surface area contributed by atoms with E-state index in [-0.39, 0.29) is 55.5 Å². The number of rotatable bonds is 6. The van der Waals surface area contributed by atoms with Crippen molar-refractivity contribution in [2.75, 3.05) is 0 Å². The molecule has 8 saturated carbocycles. The third-order valence-electron chi connectivity index (χ3n) is 17.2. The molecule has 0 aliphatic heterocycles. The summed E-state index contributed by atoms with van der Waals surface area (Å²) in [6.45, 7) is 8.56. The van der Waals surface area contributed by atoms with Gasteiger partial charge in [0, 0.05) is 0 Å². The van der Waals surface area contributed by atoms with Crippen LogP contribution in [0.1, 0.15) is 111 Å². The average Bonchev–Trinajstić information content (AvgIpc) is 3.94. The second kappa shape index (κ2) is 24.3. The third kappa shape index (κ3) is 13.4.